The minimum Gasteiger partial charge on any atom is -0.389 e. The highest BCUT2D eigenvalue weighted by Crippen LogP contribution is 2.42. The van der Waals surface area contributed by atoms with Gasteiger partial charge in [-0.05, 0) is 40.0 Å². The third-order valence-electron chi connectivity index (χ3n) is 3.07. The molecule has 1 aromatic carbocycles. The molecule has 0 saturated heterocycles. The molecule has 84 valence electrons. The zero-order valence-corrected chi connectivity index (χ0v) is 11.1. The van der Waals surface area contributed by atoms with Crippen LogP contribution in [0.4, 0.5) is 5.69 Å². The average molecular weight is 300 g/mol. The van der Waals surface area contributed by atoms with Crippen molar-refractivity contribution in [2.75, 3.05) is 18.0 Å². The van der Waals surface area contributed by atoms with Gasteiger partial charge < -0.3 is 10.2 Å². The minimum atomic E-state index is 0.803. The van der Waals surface area contributed by atoms with Gasteiger partial charge in [0.2, 0.25) is 0 Å². The van der Waals surface area contributed by atoms with Crippen LogP contribution in [0.2, 0.25) is 5.02 Å². The van der Waals surface area contributed by atoms with Crippen LogP contribution in [0, 0.1) is 0 Å². The number of benzene rings is 1. The van der Waals surface area contributed by atoms with E-state index >= 15 is 0 Å². The Morgan fingerprint density at radius 3 is 3.12 bits per heavy atom. The molecule has 0 fully saturated rings. The predicted octanol–water partition coefficient (Wildman–Crippen LogP) is 3.30. The van der Waals surface area contributed by atoms with Crippen LogP contribution in [0.3, 0.4) is 0 Å². The second-order valence-corrected chi connectivity index (χ2v) is 5.46. The topological polar surface area (TPSA) is 15.3 Å². The van der Waals surface area contributed by atoms with Crippen molar-refractivity contribution in [3.05, 3.63) is 39.1 Å². The highest BCUT2D eigenvalue weighted by atomic mass is 79.9. The SMILES string of the molecule is Clc1cc(Br)c2c(c1)CC1=CNCCCN12. The lowest BCUT2D eigenvalue weighted by atomic mass is 10.1. The first-order valence-electron chi connectivity index (χ1n) is 5.43. The number of nitrogens with one attached hydrogen (secondary N) is 1. The van der Waals surface area contributed by atoms with Crippen LogP contribution in [0.15, 0.2) is 28.5 Å². The molecule has 0 bridgehead atoms. The minimum absolute atomic E-state index is 0.803. The number of rotatable bonds is 0. The van der Waals surface area contributed by atoms with Crippen molar-refractivity contribution in [1.29, 1.82) is 0 Å². The molecule has 1 aromatic rings. The number of nitrogens with zero attached hydrogens (tertiary/aromatic N) is 1. The van der Waals surface area contributed by atoms with Crippen LogP contribution < -0.4 is 10.2 Å². The first-order valence-corrected chi connectivity index (χ1v) is 6.61. The molecule has 4 heteroatoms. The summed E-state index contributed by atoms with van der Waals surface area (Å²) in [5.74, 6) is 0. The van der Waals surface area contributed by atoms with E-state index < -0.39 is 0 Å². The van der Waals surface area contributed by atoms with Gasteiger partial charge in [0.15, 0.2) is 0 Å². The molecule has 0 aromatic heterocycles. The molecule has 3 rings (SSSR count). The first kappa shape index (κ1) is 10.5. The molecular weight excluding hydrogens is 288 g/mol. The second kappa shape index (κ2) is 3.97. The molecule has 2 nitrogen and oxygen atoms in total. The molecule has 2 aliphatic rings. The summed E-state index contributed by atoms with van der Waals surface area (Å²) in [5, 5.41) is 4.14. The number of hydrogen-bond donors (Lipinski definition) is 1. The predicted molar refractivity (Wildman–Crippen MR) is 70.9 cm³/mol. The third kappa shape index (κ3) is 1.62. The van der Waals surface area contributed by atoms with Gasteiger partial charge in [-0.1, -0.05) is 11.6 Å². The molecule has 0 spiro atoms. The fourth-order valence-corrected chi connectivity index (χ4v) is 3.49. The van der Waals surface area contributed by atoms with Crippen molar-refractivity contribution in [1.82, 2.24) is 5.32 Å². The first-order chi connectivity index (χ1) is 7.75. The maximum Gasteiger partial charge on any atom is 0.0590 e. The van der Waals surface area contributed by atoms with Gasteiger partial charge in [0.1, 0.15) is 0 Å². The molecule has 0 amide bonds. The summed E-state index contributed by atoms with van der Waals surface area (Å²) in [4.78, 5) is 2.38. The largest absolute Gasteiger partial charge is 0.389 e. The Labute approximate surface area is 108 Å². The summed E-state index contributed by atoms with van der Waals surface area (Å²) in [5.41, 5.74) is 3.95. The number of hydrogen-bond acceptors (Lipinski definition) is 2. The second-order valence-electron chi connectivity index (χ2n) is 4.17. The summed E-state index contributed by atoms with van der Waals surface area (Å²) in [6.45, 7) is 2.13. The van der Waals surface area contributed by atoms with E-state index in [9.17, 15) is 0 Å². The lowest BCUT2D eigenvalue weighted by molar-refractivity contribution is 0.772. The number of allylic oxidation sites excluding steroid dienone is 1. The lowest BCUT2D eigenvalue weighted by Crippen LogP contribution is -2.19. The summed E-state index contributed by atoms with van der Waals surface area (Å²) in [7, 11) is 0. The van der Waals surface area contributed by atoms with Crippen molar-refractivity contribution >= 4 is 33.2 Å². The van der Waals surface area contributed by atoms with Crippen molar-refractivity contribution in [2.45, 2.75) is 12.8 Å². The van der Waals surface area contributed by atoms with Gasteiger partial charge in [-0.25, -0.2) is 0 Å². The number of fused-ring (bicyclic) bond motifs is 3. The molecular formula is C12H12BrClN2. The van der Waals surface area contributed by atoms with Gasteiger partial charge >= 0.3 is 0 Å². The van der Waals surface area contributed by atoms with Crippen LogP contribution in [0.1, 0.15) is 12.0 Å². The van der Waals surface area contributed by atoms with Crippen molar-refractivity contribution in [2.24, 2.45) is 0 Å². The lowest BCUT2D eigenvalue weighted by Gasteiger charge is -2.20. The zero-order valence-electron chi connectivity index (χ0n) is 8.76. The van der Waals surface area contributed by atoms with E-state index in [0.717, 1.165) is 35.4 Å². The van der Waals surface area contributed by atoms with Gasteiger partial charge in [-0.2, -0.15) is 0 Å². The maximum absolute atomic E-state index is 6.07. The quantitative estimate of drug-likeness (QED) is 0.791. The van der Waals surface area contributed by atoms with Gasteiger partial charge in [0.25, 0.3) is 0 Å². The number of anilines is 1. The van der Waals surface area contributed by atoms with Crippen molar-refractivity contribution in [3.8, 4) is 0 Å². The van der Waals surface area contributed by atoms with Crippen molar-refractivity contribution in [3.63, 3.8) is 0 Å². The van der Waals surface area contributed by atoms with E-state index in [-0.39, 0.29) is 0 Å². The van der Waals surface area contributed by atoms with Crippen LogP contribution >= 0.6 is 27.5 Å². The highest BCUT2D eigenvalue weighted by Gasteiger charge is 2.27. The molecule has 2 heterocycles. The van der Waals surface area contributed by atoms with Gasteiger partial charge in [0, 0.05) is 40.9 Å². The highest BCUT2D eigenvalue weighted by molar-refractivity contribution is 9.10. The fourth-order valence-electron chi connectivity index (χ4n) is 2.40. The van der Waals surface area contributed by atoms with E-state index in [1.54, 1.807) is 0 Å². The van der Waals surface area contributed by atoms with Crippen LogP contribution in [0.5, 0.6) is 0 Å². The zero-order chi connectivity index (χ0) is 11.1. The van der Waals surface area contributed by atoms with E-state index in [0.29, 0.717) is 0 Å². The van der Waals surface area contributed by atoms with E-state index in [1.807, 2.05) is 6.07 Å². The van der Waals surface area contributed by atoms with Gasteiger partial charge in [-0.15, -0.1) is 0 Å². The fraction of sp³-hybridized carbons (Fsp3) is 0.333. The summed E-state index contributed by atoms with van der Waals surface area (Å²) >= 11 is 9.69. The normalized spacial score (nSPS) is 18.4. The number of halogens is 2. The Kier molecular flexibility index (Phi) is 2.60. The van der Waals surface area contributed by atoms with Gasteiger partial charge in [-0.3, -0.25) is 0 Å². The molecule has 2 aliphatic heterocycles. The van der Waals surface area contributed by atoms with Crippen LogP contribution in [-0.2, 0) is 6.42 Å². The van der Waals surface area contributed by atoms with Gasteiger partial charge in [0.05, 0.1) is 5.69 Å². The molecule has 0 atom stereocenters. The maximum atomic E-state index is 6.07. The monoisotopic (exact) mass is 298 g/mol. The van der Waals surface area contributed by atoms with Crippen LogP contribution in [0.25, 0.3) is 0 Å². The Hall–Kier alpha value is -0.670. The summed E-state index contributed by atoms with van der Waals surface area (Å²) in [6, 6.07) is 4.04. The van der Waals surface area contributed by atoms with E-state index in [2.05, 4.69) is 38.4 Å². The third-order valence-corrected chi connectivity index (χ3v) is 3.89. The average Bonchev–Trinajstić information content (AvgIpc) is 2.42. The molecule has 0 unspecified atom stereocenters. The van der Waals surface area contributed by atoms with Crippen LogP contribution in [-0.4, -0.2) is 13.1 Å². The molecule has 0 aliphatic carbocycles. The molecule has 0 saturated carbocycles. The van der Waals surface area contributed by atoms with E-state index in [1.165, 1.54) is 16.9 Å². The Balaban J connectivity index is 2.11. The molecule has 0 radical (unpaired) electrons. The smallest absolute Gasteiger partial charge is 0.0590 e. The summed E-state index contributed by atoms with van der Waals surface area (Å²) < 4.78 is 1.10. The van der Waals surface area contributed by atoms with E-state index in [4.69, 9.17) is 11.6 Å². The Morgan fingerprint density at radius 2 is 2.25 bits per heavy atom. The Bertz CT molecular complexity index is 470. The van der Waals surface area contributed by atoms with Crippen molar-refractivity contribution < 1.29 is 0 Å². The Morgan fingerprint density at radius 1 is 1.38 bits per heavy atom. The molecule has 16 heavy (non-hydrogen) atoms. The standard InChI is InChI=1S/C12H12BrClN2/c13-11-6-9(14)4-8-5-10-7-15-2-1-3-16(10)12(8)11/h4,6-7,15H,1-3,5H2. The summed E-state index contributed by atoms with van der Waals surface area (Å²) in [6.07, 6.45) is 4.27. The molecule has 1 N–H and O–H groups in total.